The highest BCUT2D eigenvalue weighted by molar-refractivity contribution is 7.93. The molecule has 5 heteroatoms. The van der Waals surface area contributed by atoms with Crippen LogP contribution < -0.4 is 9.46 Å². The summed E-state index contributed by atoms with van der Waals surface area (Å²) < 4.78 is 20.6. The second-order valence-corrected chi connectivity index (χ2v) is 8.78. The molecule has 0 bridgehead atoms. The van der Waals surface area contributed by atoms with Gasteiger partial charge in [0.1, 0.15) is 11.9 Å². The fraction of sp³-hybridized carbons (Fsp3) is 0.160. The van der Waals surface area contributed by atoms with E-state index in [-0.39, 0.29) is 12.0 Å². The molecule has 0 aromatic heterocycles. The monoisotopic (exact) mass is 415 g/mol. The van der Waals surface area contributed by atoms with Crippen LogP contribution in [0.5, 0.6) is 5.75 Å². The van der Waals surface area contributed by atoms with Crippen LogP contribution in [-0.2, 0) is 22.2 Å². The van der Waals surface area contributed by atoms with Crippen molar-refractivity contribution in [1.82, 2.24) is 4.72 Å². The molecule has 2 atom stereocenters. The molecule has 3 aromatic carbocycles. The Bertz CT molecular complexity index is 1200. The Morgan fingerprint density at radius 1 is 0.967 bits per heavy atom. The molecule has 1 unspecified atom stereocenters. The van der Waals surface area contributed by atoms with E-state index in [4.69, 9.17) is 4.74 Å². The normalized spacial score (nSPS) is 19.9. The fourth-order valence-corrected chi connectivity index (χ4v) is 5.18. The molecule has 2 aliphatic rings. The van der Waals surface area contributed by atoms with Crippen LogP contribution in [0.2, 0.25) is 0 Å². The minimum absolute atomic E-state index is 0.0119. The average molecular weight is 416 g/mol. The van der Waals surface area contributed by atoms with Gasteiger partial charge in [-0.1, -0.05) is 54.6 Å². The topological polar surface area (TPSA) is 55.4 Å². The van der Waals surface area contributed by atoms with Crippen LogP contribution in [0.3, 0.4) is 0 Å². The lowest BCUT2D eigenvalue weighted by Crippen LogP contribution is -2.16. The zero-order valence-electron chi connectivity index (χ0n) is 16.6. The summed E-state index contributed by atoms with van der Waals surface area (Å²) in [5.74, 6) is 0.442. The Balaban J connectivity index is 1.39. The van der Waals surface area contributed by atoms with Crippen molar-refractivity contribution >= 4 is 21.8 Å². The first-order valence-corrected chi connectivity index (χ1v) is 11.1. The predicted molar refractivity (Wildman–Crippen MR) is 119 cm³/mol. The summed E-state index contributed by atoms with van der Waals surface area (Å²) in [7, 11) is -1.48. The first-order valence-electron chi connectivity index (χ1n) is 9.99. The number of aryl methyl sites for hydroxylation is 1. The van der Waals surface area contributed by atoms with Gasteiger partial charge < -0.3 is 4.74 Å². The standard InChI is InChI=1S/C25H21NO3S/c1-16-5-2-3-6-19(16)20-7-4-8-22-21(20)13-14-23(22)29-18-11-9-17(10-12-18)24-15-25(27)26-30(24)28/h2-12,15,23H,13-14H2,1H3,(H,26,27)/t23-,30?/m1/s1. The van der Waals surface area contributed by atoms with Gasteiger partial charge in [0.25, 0.3) is 5.91 Å². The highest BCUT2D eigenvalue weighted by Gasteiger charge is 2.27. The van der Waals surface area contributed by atoms with Crippen molar-refractivity contribution < 1.29 is 13.7 Å². The second-order valence-electron chi connectivity index (χ2n) is 7.60. The Hall–Kier alpha value is -3.18. The molecule has 0 radical (unpaired) electrons. The van der Waals surface area contributed by atoms with Crippen LogP contribution in [0.4, 0.5) is 0 Å². The number of amides is 1. The van der Waals surface area contributed by atoms with Gasteiger partial charge in [-0.2, -0.15) is 0 Å². The number of ether oxygens (including phenoxy) is 1. The van der Waals surface area contributed by atoms with E-state index in [2.05, 4.69) is 54.1 Å². The molecule has 3 aromatic rings. The molecule has 1 amide bonds. The third kappa shape index (κ3) is 3.35. The average Bonchev–Trinajstić information content (AvgIpc) is 3.31. The lowest BCUT2D eigenvalue weighted by atomic mass is 9.94. The summed E-state index contributed by atoms with van der Waals surface area (Å²) in [6, 6.07) is 22.4. The Morgan fingerprint density at radius 3 is 2.47 bits per heavy atom. The lowest BCUT2D eigenvalue weighted by molar-refractivity contribution is -0.114. The van der Waals surface area contributed by atoms with Crippen molar-refractivity contribution in [3.05, 3.63) is 95.1 Å². The van der Waals surface area contributed by atoms with Gasteiger partial charge in [0, 0.05) is 6.08 Å². The Morgan fingerprint density at radius 2 is 1.73 bits per heavy atom. The molecule has 4 nitrogen and oxygen atoms in total. The van der Waals surface area contributed by atoms with Crippen LogP contribution in [-0.4, -0.2) is 10.1 Å². The van der Waals surface area contributed by atoms with Gasteiger partial charge in [-0.3, -0.25) is 9.52 Å². The van der Waals surface area contributed by atoms with E-state index >= 15 is 0 Å². The third-order valence-corrected chi connectivity index (χ3v) is 6.86. The van der Waals surface area contributed by atoms with Crippen molar-refractivity contribution in [2.24, 2.45) is 0 Å². The lowest BCUT2D eigenvalue weighted by Gasteiger charge is -2.16. The van der Waals surface area contributed by atoms with Crippen LogP contribution in [0.15, 0.2) is 72.8 Å². The Kier molecular flexibility index (Phi) is 4.75. The quantitative estimate of drug-likeness (QED) is 0.662. The van der Waals surface area contributed by atoms with Crippen LogP contribution >= 0.6 is 0 Å². The third-order valence-electron chi connectivity index (χ3n) is 5.72. The zero-order chi connectivity index (χ0) is 20.7. The number of hydrogen-bond donors (Lipinski definition) is 1. The molecule has 30 heavy (non-hydrogen) atoms. The maximum absolute atomic E-state index is 11.9. The SMILES string of the molecule is Cc1ccccc1-c1cccc2c1CC[C@H]2Oc1ccc(C2=CC(=O)NS2=O)cc1. The summed E-state index contributed by atoms with van der Waals surface area (Å²) in [5.41, 5.74) is 7.21. The highest BCUT2D eigenvalue weighted by Crippen LogP contribution is 2.41. The molecule has 0 fully saturated rings. The van der Waals surface area contributed by atoms with Crippen LogP contribution in [0, 0.1) is 6.92 Å². The highest BCUT2D eigenvalue weighted by atomic mass is 32.2. The maximum Gasteiger partial charge on any atom is 0.257 e. The van der Waals surface area contributed by atoms with E-state index < -0.39 is 11.0 Å². The smallest absolute Gasteiger partial charge is 0.257 e. The summed E-state index contributed by atoms with van der Waals surface area (Å²) in [4.78, 5) is 11.9. The van der Waals surface area contributed by atoms with Gasteiger partial charge in [0.05, 0.1) is 4.91 Å². The summed E-state index contributed by atoms with van der Waals surface area (Å²) >= 11 is 0. The largest absolute Gasteiger partial charge is 0.486 e. The van der Waals surface area contributed by atoms with Crippen LogP contribution in [0.25, 0.3) is 16.0 Å². The molecular formula is C25H21NO3S. The molecule has 0 spiro atoms. The number of carbonyl (C=O) groups is 1. The summed E-state index contributed by atoms with van der Waals surface area (Å²) in [6.07, 6.45) is 3.32. The number of rotatable bonds is 4. The number of hydrogen-bond acceptors (Lipinski definition) is 3. The molecule has 0 saturated heterocycles. The molecule has 1 aliphatic heterocycles. The number of benzene rings is 3. The number of fused-ring (bicyclic) bond motifs is 1. The predicted octanol–water partition coefficient (Wildman–Crippen LogP) is 4.86. The van der Waals surface area contributed by atoms with Crippen molar-refractivity contribution in [1.29, 1.82) is 0 Å². The minimum Gasteiger partial charge on any atom is -0.486 e. The van der Waals surface area contributed by atoms with Crippen molar-refractivity contribution in [3.8, 4) is 16.9 Å². The van der Waals surface area contributed by atoms with Gasteiger partial charge in [-0.05, 0) is 65.3 Å². The maximum atomic E-state index is 11.9. The first kappa shape index (κ1) is 18.8. The minimum atomic E-state index is -1.48. The number of nitrogens with one attached hydrogen (secondary N) is 1. The van der Waals surface area contributed by atoms with E-state index in [1.54, 1.807) is 0 Å². The first-order chi connectivity index (χ1) is 14.6. The van der Waals surface area contributed by atoms with Gasteiger partial charge in [0.2, 0.25) is 0 Å². The van der Waals surface area contributed by atoms with E-state index in [0.717, 1.165) is 24.2 Å². The summed E-state index contributed by atoms with van der Waals surface area (Å²) in [6.45, 7) is 2.15. The molecule has 1 aliphatic carbocycles. The zero-order valence-corrected chi connectivity index (χ0v) is 17.4. The van der Waals surface area contributed by atoms with Crippen molar-refractivity contribution in [3.63, 3.8) is 0 Å². The van der Waals surface area contributed by atoms with Crippen molar-refractivity contribution in [2.75, 3.05) is 0 Å². The molecular weight excluding hydrogens is 394 g/mol. The van der Waals surface area contributed by atoms with Crippen molar-refractivity contribution in [2.45, 2.75) is 25.9 Å². The molecule has 0 saturated carbocycles. The van der Waals surface area contributed by atoms with E-state index in [1.807, 2.05) is 24.3 Å². The molecule has 1 heterocycles. The van der Waals surface area contributed by atoms with Gasteiger partial charge in [-0.25, -0.2) is 4.21 Å². The van der Waals surface area contributed by atoms with E-state index in [1.165, 1.54) is 33.9 Å². The van der Waals surface area contributed by atoms with Crippen LogP contribution in [0.1, 0.15) is 34.8 Å². The summed E-state index contributed by atoms with van der Waals surface area (Å²) in [5, 5.41) is 0. The fourth-order valence-electron chi connectivity index (χ4n) is 4.27. The molecule has 150 valence electrons. The Labute approximate surface area is 178 Å². The molecule has 1 N–H and O–H groups in total. The van der Waals surface area contributed by atoms with E-state index in [0.29, 0.717) is 4.91 Å². The van der Waals surface area contributed by atoms with Gasteiger partial charge in [0.15, 0.2) is 11.0 Å². The molecule has 5 rings (SSSR count). The van der Waals surface area contributed by atoms with Gasteiger partial charge in [-0.15, -0.1) is 0 Å². The number of carbonyl (C=O) groups excluding carboxylic acids is 1. The van der Waals surface area contributed by atoms with Gasteiger partial charge >= 0.3 is 0 Å². The van der Waals surface area contributed by atoms with E-state index in [9.17, 15) is 9.00 Å². The second kappa shape index (κ2) is 7.58.